The molecule has 0 saturated heterocycles. The average Bonchev–Trinajstić information content (AvgIpc) is 2.44. The van der Waals surface area contributed by atoms with Crippen molar-refractivity contribution in [3.63, 3.8) is 0 Å². The van der Waals surface area contributed by atoms with Crippen LogP contribution in [0.15, 0.2) is 18.5 Å². The van der Waals surface area contributed by atoms with Crippen LogP contribution in [0.25, 0.3) is 0 Å². The largest absolute Gasteiger partial charge is 0.338 e. The van der Waals surface area contributed by atoms with Gasteiger partial charge in [-0.05, 0) is 37.7 Å². The zero-order valence-electron chi connectivity index (χ0n) is 11.9. The van der Waals surface area contributed by atoms with Crippen molar-refractivity contribution in [3.8, 4) is 0 Å². The summed E-state index contributed by atoms with van der Waals surface area (Å²) in [7, 11) is 0. The number of amides is 3. The summed E-state index contributed by atoms with van der Waals surface area (Å²) < 4.78 is 1.84. The fraction of sp³-hybridized carbons (Fsp3) is 0.533. The summed E-state index contributed by atoms with van der Waals surface area (Å²) in [6.07, 6.45) is 9.45. The van der Waals surface area contributed by atoms with Gasteiger partial charge in [-0.1, -0.05) is 6.92 Å². The molecule has 1 aliphatic carbocycles. The Labute approximate surface area is 119 Å². The Morgan fingerprint density at radius 3 is 2.75 bits per heavy atom. The first-order valence-electron chi connectivity index (χ1n) is 7.27. The van der Waals surface area contributed by atoms with Crippen molar-refractivity contribution in [1.82, 2.24) is 10.6 Å². The van der Waals surface area contributed by atoms with Gasteiger partial charge in [0.25, 0.3) is 5.91 Å². The quantitative estimate of drug-likeness (QED) is 0.809. The molecule has 1 aromatic rings. The zero-order chi connectivity index (χ0) is 14.4. The number of urea groups is 1. The van der Waals surface area contributed by atoms with Crippen LogP contribution in [0.2, 0.25) is 0 Å². The summed E-state index contributed by atoms with van der Waals surface area (Å²) in [6, 6.07) is 1.66. The summed E-state index contributed by atoms with van der Waals surface area (Å²) in [5, 5.41) is 4.95. The van der Waals surface area contributed by atoms with Crippen molar-refractivity contribution in [1.29, 1.82) is 0 Å². The van der Waals surface area contributed by atoms with Crippen LogP contribution in [0.1, 0.15) is 37.3 Å². The highest BCUT2D eigenvalue weighted by molar-refractivity contribution is 5.93. The van der Waals surface area contributed by atoms with Gasteiger partial charge in [-0.15, -0.1) is 0 Å². The summed E-state index contributed by atoms with van der Waals surface area (Å²) in [4.78, 5) is 23.1. The number of aromatic nitrogens is 1. The first-order chi connectivity index (χ1) is 9.69. The van der Waals surface area contributed by atoms with Crippen molar-refractivity contribution in [3.05, 3.63) is 29.6 Å². The van der Waals surface area contributed by atoms with E-state index in [-0.39, 0.29) is 12.5 Å². The van der Waals surface area contributed by atoms with Gasteiger partial charge in [0.15, 0.2) is 12.4 Å². The first-order valence-corrected chi connectivity index (χ1v) is 7.27. The van der Waals surface area contributed by atoms with E-state index < -0.39 is 6.03 Å². The molecule has 1 heterocycles. The van der Waals surface area contributed by atoms with E-state index in [1.54, 1.807) is 0 Å². The number of aryl methyl sites for hydroxylation is 2. The van der Waals surface area contributed by atoms with Gasteiger partial charge in [0.1, 0.15) is 0 Å². The lowest BCUT2D eigenvalue weighted by molar-refractivity contribution is -0.684. The number of carbonyl (C=O) groups is 2. The number of hydrogen-bond donors (Lipinski definition) is 2. The monoisotopic (exact) mass is 276 g/mol. The van der Waals surface area contributed by atoms with Crippen LogP contribution in [-0.2, 0) is 24.2 Å². The second-order valence-corrected chi connectivity index (χ2v) is 5.18. The highest BCUT2D eigenvalue weighted by Crippen LogP contribution is 2.18. The maximum Gasteiger partial charge on any atom is 0.321 e. The minimum atomic E-state index is -0.421. The molecule has 0 spiro atoms. The normalized spacial score (nSPS) is 13.4. The second-order valence-electron chi connectivity index (χ2n) is 5.18. The third kappa shape index (κ3) is 4.05. The van der Waals surface area contributed by atoms with E-state index in [1.807, 2.05) is 23.9 Å². The number of carbonyl (C=O) groups excluding carboxylic acids is 2. The average molecular weight is 276 g/mol. The molecule has 0 saturated carbocycles. The maximum absolute atomic E-state index is 11.8. The predicted octanol–water partition coefficient (Wildman–Crippen LogP) is 1.09. The molecule has 0 bridgehead atoms. The van der Waals surface area contributed by atoms with E-state index >= 15 is 0 Å². The van der Waals surface area contributed by atoms with Crippen LogP contribution >= 0.6 is 0 Å². The molecular formula is C15H22N3O2+. The zero-order valence-corrected chi connectivity index (χ0v) is 11.9. The number of imide groups is 1. The lowest BCUT2D eigenvalue weighted by Crippen LogP contribution is -2.47. The molecule has 5 heteroatoms. The smallest absolute Gasteiger partial charge is 0.321 e. The Bertz CT molecular complexity index is 500. The molecule has 0 unspecified atom stereocenters. The fourth-order valence-electron chi connectivity index (χ4n) is 2.43. The van der Waals surface area contributed by atoms with Crippen molar-refractivity contribution in [2.24, 2.45) is 0 Å². The highest BCUT2D eigenvalue weighted by atomic mass is 16.2. The molecular weight excluding hydrogens is 254 g/mol. The van der Waals surface area contributed by atoms with Gasteiger partial charge in [0.05, 0.1) is 0 Å². The highest BCUT2D eigenvalue weighted by Gasteiger charge is 2.16. The van der Waals surface area contributed by atoms with Crippen molar-refractivity contribution in [2.45, 2.75) is 45.6 Å². The molecule has 0 radical (unpaired) electrons. The number of fused-ring (bicyclic) bond motifs is 1. The van der Waals surface area contributed by atoms with Gasteiger partial charge >= 0.3 is 6.03 Å². The fourth-order valence-corrected chi connectivity index (χ4v) is 2.43. The van der Waals surface area contributed by atoms with Crippen molar-refractivity contribution < 1.29 is 14.2 Å². The molecule has 0 aromatic carbocycles. The van der Waals surface area contributed by atoms with Gasteiger partial charge in [-0.3, -0.25) is 10.1 Å². The summed E-state index contributed by atoms with van der Waals surface area (Å²) >= 11 is 0. The van der Waals surface area contributed by atoms with Gasteiger partial charge < -0.3 is 5.32 Å². The van der Waals surface area contributed by atoms with Gasteiger partial charge in [0.2, 0.25) is 6.54 Å². The molecule has 0 atom stereocenters. The predicted molar refractivity (Wildman–Crippen MR) is 75.1 cm³/mol. The van der Waals surface area contributed by atoms with E-state index in [0.29, 0.717) is 6.54 Å². The Morgan fingerprint density at radius 2 is 2.00 bits per heavy atom. The maximum atomic E-state index is 11.8. The second kappa shape index (κ2) is 7.03. The third-order valence-corrected chi connectivity index (χ3v) is 3.46. The summed E-state index contributed by atoms with van der Waals surface area (Å²) in [5.74, 6) is -0.292. The van der Waals surface area contributed by atoms with Crippen LogP contribution < -0.4 is 15.2 Å². The lowest BCUT2D eigenvalue weighted by atomic mass is 9.93. The van der Waals surface area contributed by atoms with E-state index in [2.05, 4.69) is 16.7 Å². The van der Waals surface area contributed by atoms with E-state index in [1.165, 1.54) is 24.0 Å². The Balaban J connectivity index is 1.89. The van der Waals surface area contributed by atoms with Crippen LogP contribution in [0, 0.1) is 0 Å². The first kappa shape index (κ1) is 14.5. The van der Waals surface area contributed by atoms with E-state index in [4.69, 9.17) is 0 Å². The van der Waals surface area contributed by atoms with Crippen LogP contribution in [-0.4, -0.2) is 18.5 Å². The third-order valence-electron chi connectivity index (χ3n) is 3.46. The Kier molecular flexibility index (Phi) is 5.09. The molecule has 3 amide bonds. The van der Waals surface area contributed by atoms with E-state index in [9.17, 15) is 9.59 Å². The minimum absolute atomic E-state index is 0.173. The Morgan fingerprint density at radius 1 is 1.25 bits per heavy atom. The molecule has 5 nitrogen and oxygen atoms in total. The molecule has 0 aliphatic heterocycles. The SMILES string of the molecule is CCCNC(=O)NC(=O)C[n+]1ccc2c(c1)CCCC2. The van der Waals surface area contributed by atoms with Gasteiger partial charge in [0, 0.05) is 18.2 Å². The molecule has 1 aliphatic rings. The lowest BCUT2D eigenvalue weighted by Gasteiger charge is -2.13. The number of nitrogens with one attached hydrogen (secondary N) is 2. The van der Waals surface area contributed by atoms with Crippen molar-refractivity contribution >= 4 is 11.9 Å². The van der Waals surface area contributed by atoms with Crippen LogP contribution in [0.3, 0.4) is 0 Å². The number of rotatable bonds is 4. The number of nitrogens with zero attached hydrogens (tertiary/aromatic N) is 1. The number of pyridine rings is 1. The molecule has 0 fully saturated rings. The molecule has 2 rings (SSSR count). The molecule has 2 N–H and O–H groups in total. The minimum Gasteiger partial charge on any atom is -0.338 e. The van der Waals surface area contributed by atoms with Crippen molar-refractivity contribution in [2.75, 3.05) is 6.54 Å². The summed E-state index contributed by atoms with van der Waals surface area (Å²) in [6.45, 7) is 2.71. The number of hydrogen-bond acceptors (Lipinski definition) is 2. The molecule has 20 heavy (non-hydrogen) atoms. The topological polar surface area (TPSA) is 62.1 Å². The van der Waals surface area contributed by atoms with Crippen LogP contribution in [0.5, 0.6) is 0 Å². The van der Waals surface area contributed by atoms with Crippen LogP contribution in [0.4, 0.5) is 4.79 Å². The van der Waals surface area contributed by atoms with Gasteiger partial charge in [-0.2, -0.15) is 4.57 Å². The molecule has 108 valence electrons. The van der Waals surface area contributed by atoms with E-state index in [0.717, 1.165) is 19.3 Å². The molecule has 1 aromatic heterocycles. The van der Waals surface area contributed by atoms with Gasteiger partial charge in [-0.25, -0.2) is 4.79 Å². The summed E-state index contributed by atoms with van der Waals surface area (Å²) in [5.41, 5.74) is 2.70. The standard InChI is InChI=1S/C15H21N3O2/c1-2-8-16-15(20)17-14(19)11-18-9-7-12-5-3-4-6-13(12)10-18/h7,9-10H,2-6,8,11H2,1H3,(H-,16,17,19,20)/p+1. The Hall–Kier alpha value is -1.91.